The van der Waals surface area contributed by atoms with Crippen molar-refractivity contribution in [2.24, 2.45) is 0 Å². The number of urea groups is 1. The van der Waals surface area contributed by atoms with Gasteiger partial charge in [0, 0.05) is 6.04 Å². The van der Waals surface area contributed by atoms with Gasteiger partial charge in [-0.3, -0.25) is 14.5 Å². The van der Waals surface area contributed by atoms with Crippen molar-refractivity contribution in [1.29, 1.82) is 0 Å². The number of ether oxygens (including phenoxy) is 1. The van der Waals surface area contributed by atoms with Crippen LogP contribution in [0.4, 0.5) is 4.79 Å². The second-order valence-corrected chi connectivity index (χ2v) is 8.28. The summed E-state index contributed by atoms with van der Waals surface area (Å²) in [5, 5.41) is 7.65. The number of carbonyl (C=O) groups is 3. The van der Waals surface area contributed by atoms with E-state index in [-0.39, 0.29) is 18.5 Å². The van der Waals surface area contributed by atoms with Crippen molar-refractivity contribution in [2.75, 3.05) is 13.7 Å². The lowest BCUT2D eigenvalue weighted by atomic mass is 9.90. The van der Waals surface area contributed by atoms with Crippen molar-refractivity contribution in [2.45, 2.75) is 50.6 Å². The highest BCUT2D eigenvalue weighted by molar-refractivity contribution is 6.09. The zero-order valence-electron chi connectivity index (χ0n) is 17.4. The highest BCUT2D eigenvalue weighted by Crippen LogP contribution is 2.32. The Morgan fingerprint density at radius 3 is 2.57 bits per heavy atom. The van der Waals surface area contributed by atoms with Gasteiger partial charge in [-0.15, -0.1) is 0 Å². The van der Waals surface area contributed by atoms with Gasteiger partial charge in [-0.1, -0.05) is 37.5 Å². The Bertz CT molecular complexity index is 999. The molecule has 1 saturated carbocycles. The van der Waals surface area contributed by atoms with E-state index in [9.17, 15) is 14.4 Å². The van der Waals surface area contributed by atoms with Gasteiger partial charge < -0.3 is 15.4 Å². The third-order valence-corrected chi connectivity index (χ3v) is 6.17. The van der Waals surface area contributed by atoms with Gasteiger partial charge in [0.25, 0.3) is 5.91 Å². The van der Waals surface area contributed by atoms with Gasteiger partial charge in [0.1, 0.15) is 17.8 Å². The molecule has 1 atom stereocenters. The summed E-state index contributed by atoms with van der Waals surface area (Å²) in [5.41, 5.74) is -0.537. The number of hydrogen-bond donors (Lipinski definition) is 2. The van der Waals surface area contributed by atoms with Gasteiger partial charge >= 0.3 is 6.03 Å². The van der Waals surface area contributed by atoms with E-state index < -0.39 is 17.5 Å². The van der Waals surface area contributed by atoms with Gasteiger partial charge in [0.15, 0.2) is 0 Å². The third-order valence-electron chi connectivity index (χ3n) is 6.17. The number of nitrogens with one attached hydrogen (secondary N) is 2. The van der Waals surface area contributed by atoms with Gasteiger partial charge in [-0.25, -0.2) is 4.79 Å². The molecule has 1 saturated heterocycles. The Morgan fingerprint density at radius 1 is 1.13 bits per heavy atom. The second-order valence-electron chi connectivity index (χ2n) is 8.28. The molecule has 7 nitrogen and oxygen atoms in total. The Morgan fingerprint density at radius 2 is 1.83 bits per heavy atom. The first-order chi connectivity index (χ1) is 14.4. The van der Waals surface area contributed by atoms with E-state index in [0.717, 1.165) is 47.1 Å². The van der Waals surface area contributed by atoms with Crippen LogP contribution >= 0.6 is 0 Å². The molecule has 1 heterocycles. The van der Waals surface area contributed by atoms with E-state index >= 15 is 0 Å². The number of amides is 4. The molecular formula is C23H27N3O4. The molecule has 0 radical (unpaired) electrons. The summed E-state index contributed by atoms with van der Waals surface area (Å²) >= 11 is 0. The zero-order valence-corrected chi connectivity index (χ0v) is 17.4. The molecule has 0 aromatic heterocycles. The van der Waals surface area contributed by atoms with E-state index in [2.05, 4.69) is 10.6 Å². The van der Waals surface area contributed by atoms with Crippen LogP contribution in [0, 0.1) is 0 Å². The molecule has 0 bridgehead atoms. The van der Waals surface area contributed by atoms with Gasteiger partial charge in [-0.2, -0.15) is 0 Å². The standard InChI is InChI=1S/C23H27N3O4/c1-23(17-10-8-16-13-19(30-2)11-9-15(16)12-17)21(28)26(22(29)25-23)14-20(27)24-18-6-4-3-5-7-18/h8-13,18H,3-7,14H2,1-2H3,(H,24,27)(H,25,29)/t23-/m1/s1. The van der Waals surface area contributed by atoms with Crippen LogP contribution in [0.3, 0.4) is 0 Å². The highest BCUT2D eigenvalue weighted by atomic mass is 16.5. The van der Waals surface area contributed by atoms with Crippen LogP contribution < -0.4 is 15.4 Å². The van der Waals surface area contributed by atoms with Crippen molar-refractivity contribution in [3.8, 4) is 5.75 Å². The van der Waals surface area contributed by atoms with E-state index in [1.165, 1.54) is 6.42 Å². The predicted molar refractivity (Wildman–Crippen MR) is 113 cm³/mol. The normalized spacial score (nSPS) is 22.3. The first kappa shape index (κ1) is 20.2. The fourth-order valence-electron chi connectivity index (χ4n) is 4.36. The number of fused-ring (bicyclic) bond motifs is 1. The number of nitrogens with zero attached hydrogens (tertiary/aromatic N) is 1. The maximum Gasteiger partial charge on any atom is 0.325 e. The summed E-state index contributed by atoms with van der Waals surface area (Å²) in [7, 11) is 1.61. The molecule has 30 heavy (non-hydrogen) atoms. The minimum Gasteiger partial charge on any atom is -0.497 e. The summed E-state index contributed by atoms with van der Waals surface area (Å²) in [5.74, 6) is 0.0428. The van der Waals surface area contributed by atoms with Crippen molar-refractivity contribution >= 4 is 28.6 Å². The number of hydrogen-bond acceptors (Lipinski definition) is 4. The topological polar surface area (TPSA) is 87.7 Å². The van der Waals surface area contributed by atoms with Crippen LogP contribution in [0.1, 0.15) is 44.6 Å². The molecule has 2 aliphatic rings. The van der Waals surface area contributed by atoms with E-state index in [1.807, 2.05) is 36.4 Å². The minimum atomic E-state index is -1.21. The summed E-state index contributed by atoms with van der Waals surface area (Å²) in [6, 6.07) is 10.9. The van der Waals surface area contributed by atoms with Crippen molar-refractivity contribution in [3.05, 3.63) is 42.0 Å². The Kier molecular flexibility index (Phi) is 5.37. The number of imide groups is 1. The Labute approximate surface area is 175 Å². The second kappa shape index (κ2) is 7.97. The lowest BCUT2D eigenvalue weighted by Crippen LogP contribution is -2.45. The Hall–Kier alpha value is -3.09. The van der Waals surface area contributed by atoms with E-state index in [0.29, 0.717) is 5.56 Å². The fourth-order valence-corrected chi connectivity index (χ4v) is 4.36. The summed E-state index contributed by atoms with van der Waals surface area (Å²) in [6.45, 7) is 1.42. The molecule has 0 spiro atoms. The average molecular weight is 409 g/mol. The van der Waals surface area contributed by atoms with Gasteiger partial charge in [-0.05, 0) is 54.3 Å². The molecule has 4 amide bonds. The maximum absolute atomic E-state index is 13.1. The molecule has 1 aliphatic carbocycles. The van der Waals surface area contributed by atoms with Crippen LogP contribution in [0.15, 0.2) is 36.4 Å². The van der Waals surface area contributed by atoms with Gasteiger partial charge in [0.2, 0.25) is 5.91 Å². The molecule has 2 aromatic carbocycles. The average Bonchev–Trinajstić information content (AvgIpc) is 2.97. The van der Waals surface area contributed by atoms with Crippen LogP contribution in [0.25, 0.3) is 10.8 Å². The van der Waals surface area contributed by atoms with Crippen LogP contribution in [-0.4, -0.2) is 42.4 Å². The summed E-state index contributed by atoms with van der Waals surface area (Å²) < 4.78 is 5.25. The van der Waals surface area contributed by atoms with Crippen molar-refractivity contribution < 1.29 is 19.1 Å². The molecule has 1 aliphatic heterocycles. The van der Waals surface area contributed by atoms with Crippen LogP contribution in [-0.2, 0) is 15.1 Å². The van der Waals surface area contributed by atoms with Crippen LogP contribution in [0.5, 0.6) is 5.75 Å². The molecule has 158 valence electrons. The minimum absolute atomic E-state index is 0.135. The first-order valence-corrected chi connectivity index (χ1v) is 10.4. The molecule has 2 aromatic rings. The molecule has 2 N–H and O–H groups in total. The summed E-state index contributed by atoms with van der Waals surface area (Å²) in [4.78, 5) is 39.1. The molecule has 4 rings (SSSR count). The fraction of sp³-hybridized carbons (Fsp3) is 0.435. The van der Waals surface area contributed by atoms with E-state index in [1.54, 1.807) is 14.0 Å². The highest BCUT2D eigenvalue weighted by Gasteiger charge is 2.49. The lowest BCUT2D eigenvalue weighted by Gasteiger charge is -2.24. The molecular weight excluding hydrogens is 382 g/mol. The largest absolute Gasteiger partial charge is 0.497 e. The Balaban J connectivity index is 1.51. The van der Waals surface area contributed by atoms with Crippen molar-refractivity contribution in [3.63, 3.8) is 0 Å². The number of benzene rings is 2. The number of methoxy groups -OCH3 is 1. The van der Waals surface area contributed by atoms with Crippen molar-refractivity contribution in [1.82, 2.24) is 15.5 Å². The third kappa shape index (κ3) is 3.72. The monoisotopic (exact) mass is 409 g/mol. The smallest absolute Gasteiger partial charge is 0.325 e. The maximum atomic E-state index is 13.1. The summed E-state index contributed by atoms with van der Waals surface area (Å²) in [6.07, 6.45) is 5.28. The van der Waals surface area contributed by atoms with E-state index in [4.69, 9.17) is 4.74 Å². The number of carbonyl (C=O) groups excluding carboxylic acids is 3. The zero-order chi connectivity index (χ0) is 21.3. The van der Waals surface area contributed by atoms with Gasteiger partial charge in [0.05, 0.1) is 7.11 Å². The van der Waals surface area contributed by atoms with Crippen LogP contribution in [0.2, 0.25) is 0 Å². The lowest BCUT2D eigenvalue weighted by molar-refractivity contribution is -0.135. The SMILES string of the molecule is COc1ccc2cc([C@@]3(C)NC(=O)N(CC(=O)NC4CCCCC4)C3=O)ccc2c1. The molecule has 7 heteroatoms. The molecule has 2 fully saturated rings. The predicted octanol–water partition coefficient (Wildman–Crippen LogP) is 3.06. The number of rotatable bonds is 5. The molecule has 0 unspecified atom stereocenters. The quantitative estimate of drug-likeness (QED) is 0.743. The first-order valence-electron chi connectivity index (χ1n) is 10.4.